The number of benzene rings is 1. The number of para-hydroxylation sites is 1. The number of unbranched alkanes of at least 4 members (excludes halogenated alkanes) is 2. The van der Waals surface area contributed by atoms with E-state index < -0.39 is 0 Å². The lowest BCUT2D eigenvalue weighted by molar-refractivity contribution is 0.192. The molecule has 0 spiro atoms. The van der Waals surface area contributed by atoms with E-state index in [1.807, 2.05) is 7.05 Å². The maximum Gasteiger partial charge on any atom is 0.191 e. The summed E-state index contributed by atoms with van der Waals surface area (Å²) in [5.41, 5.74) is 1.30. The molecule has 1 saturated heterocycles. The van der Waals surface area contributed by atoms with E-state index in [4.69, 9.17) is 4.74 Å². The fourth-order valence-corrected chi connectivity index (χ4v) is 2.89. The quantitative estimate of drug-likeness (QED) is 0.438. The average molecular weight is 318 g/mol. The molecule has 0 amide bonds. The number of hydrogen-bond donors (Lipinski definition) is 2. The number of aliphatic imine (C=N–C) groups is 1. The standard InChI is InChI=1S/C18H30N4O/c1-19-18(20-12-7-4-8-14-23-2)21-16-11-13-22(15-16)17-9-5-3-6-10-17/h3,5-6,9-10,16H,4,7-8,11-15H2,1-2H3,(H2,19,20,21). The first-order valence-electron chi connectivity index (χ1n) is 8.59. The van der Waals surface area contributed by atoms with Gasteiger partial charge in [-0.3, -0.25) is 4.99 Å². The van der Waals surface area contributed by atoms with Crippen molar-refractivity contribution in [2.45, 2.75) is 31.7 Å². The highest BCUT2D eigenvalue weighted by atomic mass is 16.5. The Labute approximate surface area is 140 Å². The third-order valence-electron chi connectivity index (χ3n) is 4.19. The molecule has 0 aromatic heterocycles. The number of methoxy groups -OCH3 is 1. The molecule has 1 aromatic carbocycles. The van der Waals surface area contributed by atoms with Crippen LogP contribution in [0.4, 0.5) is 5.69 Å². The predicted molar refractivity (Wildman–Crippen MR) is 97.3 cm³/mol. The van der Waals surface area contributed by atoms with Crippen LogP contribution in [0, 0.1) is 0 Å². The Balaban J connectivity index is 1.67. The molecule has 0 aliphatic carbocycles. The number of nitrogens with one attached hydrogen (secondary N) is 2. The van der Waals surface area contributed by atoms with Crippen molar-refractivity contribution in [2.24, 2.45) is 4.99 Å². The van der Waals surface area contributed by atoms with Crippen molar-refractivity contribution in [3.05, 3.63) is 30.3 Å². The van der Waals surface area contributed by atoms with Gasteiger partial charge in [-0.2, -0.15) is 0 Å². The minimum absolute atomic E-state index is 0.454. The van der Waals surface area contributed by atoms with Crippen LogP contribution in [-0.4, -0.2) is 52.4 Å². The van der Waals surface area contributed by atoms with Crippen molar-refractivity contribution in [1.82, 2.24) is 10.6 Å². The molecule has 5 heteroatoms. The van der Waals surface area contributed by atoms with E-state index in [1.54, 1.807) is 7.11 Å². The summed E-state index contributed by atoms with van der Waals surface area (Å²) in [6, 6.07) is 11.1. The molecule has 2 rings (SSSR count). The number of rotatable bonds is 8. The smallest absolute Gasteiger partial charge is 0.191 e. The first-order chi connectivity index (χ1) is 11.3. The molecule has 1 atom stereocenters. The Kier molecular flexibility index (Phi) is 7.73. The molecule has 23 heavy (non-hydrogen) atoms. The number of ether oxygens (including phenoxy) is 1. The Morgan fingerprint density at radius 3 is 2.83 bits per heavy atom. The molecule has 1 heterocycles. The van der Waals surface area contributed by atoms with Crippen LogP contribution >= 0.6 is 0 Å². The Morgan fingerprint density at radius 1 is 1.26 bits per heavy atom. The fraction of sp³-hybridized carbons (Fsp3) is 0.611. The summed E-state index contributed by atoms with van der Waals surface area (Å²) in [4.78, 5) is 6.76. The van der Waals surface area contributed by atoms with Crippen molar-refractivity contribution >= 4 is 11.6 Å². The van der Waals surface area contributed by atoms with Crippen LogP contribution < -0.4 is 15.5 Å². The van der Waals surface area contributed by atoms with Gasteiger partial charge in [-0.15, -0.1) is 0 Å². The van der Waals surface area contributed by atoms with Gasteiger partial charge in [-0.1, -0.05) is 18.2 Å². The summed E-state index contributed by atoms with van der Waals surface area (Å²) in [6.45, 7) is 3.93. The molecule has 0 radical (unpaired) electrons. The van der Waals surface area contributed by atoms with Gasteiger partial charge in [0.05, 0.1) is 0 Å². The summed E-state index contributed by atoms with van der Waals surface area (Å²) >= 11 is 0. The number of guanidine groups is 1. The maximum atomic E-state index is 5.06. The van der Waals surface area contributed by atoms with Crippen molar-refractivity contribution < 1.29 is 4.74 Å². The topological polar surface area (TPSA) is 48.9 Å². The molecule has 0 saturated carbocycles. The lowest BCUT2D eigenvalue weighted by Crippen LogP contribution is -2.44. The zero-order valence-corrected chi connectivity index (χ0v) is 14.4. The lowest BCUT2D eigenvalue weighted by Gasteiger charge is -2.20. The van der Waals surface area contributed by atoms with Crippen molar-refractivity contribution in [3.63, 3.8) is 0 Å². The van der Waals surface area contributed by atoms with E-state index >= 15 is 0 Å². The van der Waals surface area contributed by atoms with Gasteiger partial charge < -0.3 is 20.3 Å². The molecule has 2 N–H and O–H groups in total. The van der Waals surface area contributed by atoms with Gasteiger partial charge in [0.15, 0.2) is 5.96 Å². The SMILES string of the molecule is CN=C(NCCCCCOC)NC1CCN(c2ccccc2)C1. The van der Waals surface area contributed by atoms with Crippen LogP contribution in [-0.2, 0) is 4.74 Å². The molecule has 128 valence electrons. The minimum Gasteiger partial charge on any atom is -0.385 e. The van der Waals surface area contributed by atoms with Crippen molar-refractivity contribution in [3.8, 4) is 0 Å². The van der Waals surface area contributed by atoms with Crippen LogP contribution in [0.2, 0.25) is 0 Å². The molecular weight excluding hydrogens is 288 g/mol. The number of anilines is 1. The van der Waals surface area contributed by atoms with Crippen molar-refractivity contribution in [2.75, 3.05) is 45.3 Å². The van der Waals surface area contributed by atoms with E-state index in [9.17, 15) is 0 Å². The predicted octanol–water partition coefficient (Wildman–Crippen LogP) is 2.25. The maximum absolute atomic E-state index is 5.06. The lowest BCUT2D eigenvalue weighted by atomic mass is 10.2. The Morgan fingerprint density at radius 2 is 2.09 bits per heavy atom. The largest absolute Gasteiger partial charge is 0.385 e. The second kappa shape index (κ2) is 10.1. The van der Waals surface area contributed by atoms with Gasteiger partial charge in [-0.25, -0.2) is 0 Å². The normalized spacial score (nSPS) is 18.3. The van der Waals surface area contributed by atoms with E-state index in [0.717, 1.165) is 51.5 Å². The third-order valence-corrected chi connectivity index (χ3v) is 4.19. The van der Waals surface area contributed by atoms with Crippen LogP contribution in [0.5, 0.6) is 0 Å². The molecule has 0 bridgehead atoms. The second-order valence-corrected chi connectivity index (χ2v) is 5.96. The van der Waals surface area contributed by atoms with Gasteiger partial charge in [0, 0.05) is 52.1 Å². The highest BCUT2D eigenvalue weighted by Crippen LogP contribution is 2.19. The fourth-order valence-electron chi connectivity index (χ4n) is 2.89. The van der Waals surface area contributed by atoms with Gasteiger partial charge >= 0.3 is 0 Å². The van der Waals surface area contributed by atoms with Crippen LogP contribution in [0.25, 0.3) is 0 Å². The summed E-state index contributed by atoms with van der Waals surface area (Å²) in [5, 5.41) is 6.95. The van der Waals surface area contributed by atoms with Gasteiger partial charge in [0.25, 0.3) is 0 Å². The molecule has 1 aliphatic rings. The second-order valence-electron chi connectivity index (χ2n) is 5.96. The summed E-state index contributed by atoms with van der Waals surface area (Å²) in [5.74, 6) is 0.914. The summed E-state index contributed by atoms with van der Waals surface area (Å²) in [6.07, 6.45) is 4.59. The van der Waals surface area contributed by atoms with Gasteiger partial charge in [0.1, 0.15) is 0 Å². The zero-order chi connectivity index (χ0) is 16.3. The monoisotopic (exact) mass is 318 g/mol. The molecule has 1 unspecified atom stereocenters. The minimum atomic E-state index is 0.454. The van der Waals surface area contributed by atoms with Crippen molar-refractivity contribution in [1.29, 1.82) is 0 Å². The molecular formula is C18H30N4O. The summed E-state index contributed by atoms with van der Waals surface area (Å²) in [7, 11) is 3.59. The Hall–Kier alpha value is -1.75. The van der Waals surface area contributed by atoms with Crippen LogP contribution in [0.1, 0.15) is 25.7 Å². The zero-order valence-electron chi connectivity index (χ0n) is 14.4. The van der Waals surface area contributed by atoms with E-state index in [0.29, 0.717) is 6.04 Å². The van der Waals surface area contributed by atoms with Crippen LogP contribution in [0.15, 0.2) is 35.3 Å². The van der Waals surface area contributed by atoms with E-state index in [1.165, 1.54) is 12.1 Å². The van der Waals surface area contributed by atoms with E-state index in [-0.39, 0.29) is 0 Å². The van der Waals surface area contributed by atoms with Gasteiger partial charge in [0.2, 0.25) is 0 Å². The highest BCUT2D eigenvalue weighted by molar-refractivity contribution is 5.80. The van der Waals surface area contributed by atoms with Crippen LogP contribution in [0.3, 0.4) is 0 Å². The molecule has 5 nitrogen and oxygen atoms in total. The van der Waals surface area contributed by atoms with E-state index in [2.05, 4.69) is 50.9 Å². The number of nitrogens with zero attached hydrogens (tertiary/aromatic N) is 2. The highest BCUT2D eigenvalue weighted by Gasteiger charge is 2.23. The Bertz CT molecular complexity index is 463. The summed E-state index contributed by atoms with van der Waals surface area (Å²) < 4.78 is 5.06. The number of hydrogen-bond acceptors (Lipinski definition) is 3. The molecule has 1 fully saturated rings. The first kappa shape index (κ1) is 17.6. The first-order valence-corrected chi connectivity index (χ1v) is 8.59. The van der Waals surface area contributed by atoms with Gasteiger partial charge in [-0.05, 0) is 37.8 Å². The third kappa shape index (κ3) is 6.10. The average Bonchev–Trinajstić information content (AvgIpc) is 3.06. The molecule has 1 aromatic rings. The molecule has 1 aliphatic heterocycles.